The van der Waals surface area contributed by atoms with Gasteiger partial charge in [-0.15, -0.1) is 11.3 Å². The van der Waals surface area contributed by atoms with Crippen molar-refractivity contribution in [2.75, 3.05) is 0 Å². The summed E-state index contributed by atoms with van der Waals surface area (Å²) in [7, 11) is 0. The number of thiophene rings is 1. The molecule has 1 heterocycles. The molecule has 1 aromatic rings. The number of carbonyl (C=O) groups is 2. The van der Waals surface area contributed by atoms with Crippen LogP contribution in [0.5, 0.6) is 0 Å². The maximum Gasteiger partial charge on any atom is 0.303 e. The van der Waals surface area contributed by atoms with Gasteiger partial charge >= 0.3 is 5.97 Å². The van der Waals surface area contributed by atoms with E-state index in [2.05, 4.69) is 0 Å². The molecule has 0 unspecified atom stereocenters. The molecule has 0 aliphatic carbocycles. The van der Waals surface area contributed by atoms with Crippen molar-refractivity contribution in [1.29, 1.82) is 0 Å². The Morgan fingerprint density at radius 3 is 2.60 bits per heavy atom. The number of Topliss-reactive ketones (excluding diaryl/α,β-unsaturated/α-hetero) is 1. The summed E-state index contributed by atoms with van der Waals surface area (Å²) in [5.41, 5.74) is 0.621. The van der Waals surface area contributed by atoms with E-state index in [4.69, 9.17) is 16.7 Å². The van der Waals surface area contributed by atoms with Gasteiger partial charge in [0.05, 0.1) is 4.34 Å². The number of carboxylic acids is 1. The van der Waals surface area contributed by atoms with E-state index >= 15 is 0 Å². The monoisotopic (exact) mass is 246 g/mol. The highest BCUT2D eigenvalue weighted by atomic mass is 35.5. The number of hydrogen-bond acceptors (Lipinski definition) is 3. The molecule has 82 valence electrons. The van der Waals surface area contributed by atoms with Crippen LogP contribution < -0.4 is 0 Å². The van der Waals surface area contributed by atoms with Gasteiger partial charge in [-0.05, 0) is 19.4 Å². The SMILES string of the molecule is Cc1sc(Cl)cc1C(=O)CCCC(=O)O. The second-order valence-corrected chi connectivity index (χ2v) is 5.08. The van der Waals surface area contributed by atoms with E-state index in [-0.39, 0.29) is 18.6 Å². The van der Waals surface area contributed by atoms with E-state index in [0.29, 0.717) is 16.3 Å². The lowest BCUT2D eigenvalue weighted by Gasteiger charge is -1.97. The quantitative estimate of drug-likeness (QED) is 0.812. The average molecular weight is 247 g/mol. The van der Waals surface area contributed by atoms with Gasteiger partial charge < -0.3 is 5.11 Å². The Labute approximate surface area is 96.7 Å². The summed E-state index contributed by atoms with van der Waals surface area (Å²) in [6.45, 7) is 1.83. The summed E-state index contributed by atoms with van der Waals surface area (Å²) < 4.78 is 0.592. The van der Waals surface area contributed by atoms with Gasteiger partial charge in [-0.25, -0.2) is 0 Å². The molecule has 0 amide bonds. The highest BCUT2D eigenvalue weighted by molar-refractivity contribution is 7.16. The molecular weight excluding hydrogens is 236 g/mol. The number of rotatable bonds is 5. The fourth-order valence-corrected chi connectivity index (χ4v) is 2.47. The highest BCUT2D eigenvalue weighted by Gasteiger charge is 2.12. The van der Waals surface area contributed by atoms with Crippen molar-refractivity contribution in [2.24, 2.45) is 0 Å². The molecule has 0 fully saturated rings. The largest absolute Gasteiger partial charge is 0.481 e. The first-order valence-electron chi connectivity index (χ1n) is 4.51. The number of carboxylic acid groups (broad SMARTS) is 1. The predicted molar refractivity (Wildman–Crippen MR) is 59.9 cm³/mol. The number of aliphatic carboxylic acids is 1. The molecule has 0 bridgehead atoms. The molecule has 3 nitrogen and oxygen atoms in total. The molecule has 0 aliphatic rings. The smallest absolute Gasteiger partial charge is 0.303 e. The molecule has 5 heteroatoms. The van der Waals surface area contributed by atoms with E-state index in [9.17, 15) is 9.59 Å². The minimum absolute atomic E-state index is 0.0304. The molecule has 1 aromatic heterocycles. The van der Waals surface area contributed by atoms with Crippen molar-refractivity contribution in [3.8, 4) is 0 Å². The Hall–Kier alpha value is -0.870. The molecule has 0 aliphatic heterocycles. The third-order valence-electron chi connectivity index (χ3n) is 1.98. The van der Waals surface area contributed by atoms with Crippen LogP contribution >= 0.6 is 22.9 Å². The van der Waals surface area contributed by atoms with Crippen LogP contribution in [-0.4, -0.2) is 16.9 Å². The number of hydrogen-bond donors (Lipinski definition) is 1. The van der Waals surface area contributed by atoms with Gasteiger partial charge in [-0.2, -0.15) is 0 Å². The van der Waals surface area contributed by atoms with Crippen molar-refractivity contribution < 1.29 is 14.7 Å². The van der Waals surface area contributed by atoms with Crippen LogP contribution in [-0.2, 0) is 4.79 Å². The van der Waals surface area contributed by atoms with Crippen LogP contribution in [0.25, 0.3) is 0 Å². The van der Waals surface area contributed by atoms with Crippen molar-refractivity contribution in [3.63, 3.8) is 0 Å². The lowest BCUT2D eigenvalue weighted by molar-refractivity contribution is -0.137. The lowest BCUT2D eigenvalue weighted by Crippen LogP contribution is -2.01. The summed E-state index contributed by atoms with van der Waals surface area (Å²) in [5, 5.41) is 8.43. The molecule has 0 spiro atoms. The van der Waals surface area contributed by atoms with Gasteiger partial charge in [0, 0.05) is 23.3 Å². The fraction of sp³-hybridized carbons (Fsp3) is 0.400. The first-order valence-corrected chi connectivity index (χ1v) is 5.71. The van der Waals surface area contributed by atoms with Crippen LogP contribution in [0.4, 0.5) is 0 Å². The zero-order valence-electron chi connectivity index (χ0n) is 8.25. The van der Waals surface area contributed by atoms with Gasteiger partial charge in [0.15, 0.2) is 5.78 Å². The summed E-state index contributed by atoms with van der Waals surface area (Å²) in [6.07, 6.45) is 0.671. The van der Waals surface area contributed by atoms with Crippen molar-refractivity contribution in [3.05, 3.63) is 20.8 Å². The number of ketones is 1. The molecule has 0 saturated heterocycles. The highest BCUT2D eigenvalue weighted by Crippen LogP contribution is 2.27. The molecule has 1 rings (SSSR count). The molecule has 0 saturated carbocycles. The van der Waals surface area contributed by atoms with Gasteiger partial charge in [-0.3, -0.25) is 9.59 Å². The van der Waals surface area contributed by atoms with Crippen LogP contribution in [0.1, 0.15) is 34.5 Å². The average Bonchev–Trinajstić information content (AvgIpc) is 2.44. The fourth-order valence-electron chi connectivity index (χ4n) is 1.26. The van der Waals surface area contributed by atoms with Gasteiger partial charge in [0.2, 0.25) is 0 Å². The Balaban J connectivity index is 2.54. The first-order chi connectivity index (χ1) is 7.00. The van der Waals surface area contributed by atoms with Crippen LogP contribution in [0.3, 0.4) is 0 Å². The second-order valence-electron chi connectivity index (χ2n) is 3.19. The molecule has 0 aromatic carbocycles. The van der Waals surface area contributed by atoms with E-state index in [1.165, 1.54) is 11.3 Å². The maximum atomic E-state index is 11.6. The van der Waals surface area contributed by atoms with Gasteiger partial charge in [-0.1, -0.05) is 11.6 Å². The summed E-state index contributed by atoms with van der Waals surface area (Å²) >= 11 is 7.13. The van der Waals surface area contributed by atoms with Crippen LogP contribution in [0.15, 0.2) is 6.07 Å². The van der Waals surface area contributed by atoms with Crippen LogP contribution in [0, 0.1) is 6.92 Å². The van der Waals surface area contributed by atoms with Gasteiger partial charge in [0.25, 0.3) is 0 Å². The molecule has 1 N–H and O–H groups in total. The predicted octanol–water partition coefficient (Wildman–Crippen LogP) is 3.15. The van der Waals surface area contributed by atoms with E-state index < -0.39 is 5.97 Å². The summed E-state index contributed by atoms with van der Waals surface area (Å²) in [6, 6.07) is 1.64. The molecular formula is C10H11ClO3S. The number of aryl methyl sites for hydroxylation is 1. The Bertz CT molecular complexity index is 384. The molecule has 0 atom stereocenters. The summed E-state index contributed by atoms with van der Waals surface area (Å²) in [4.78, 5) is 22.8. The second kappa shape index (κ2) is 5.28. The van der Waals surface area contributed by atoms with E-state index in [1.54, 1.807) is 6.07 Å². The van der Waals surface area contributed by atoms with Gasteiger partial charge in [0.1, 0.15) is 0 Å². The zero-order valence-corrected chi connectivity index (χ0v) is 9.82. The minimum Gasteiger partial charge on any atom is -0.481 e. The Morgan fingerprint density at radius 2 is 2.13 bits per heavy atom. The topological polar surface area (TPSA) is 54.4 Å². The Kier molecular flexibility index (Phi) is 4.29. The standard InChI is InChI=1S/C10H11ClO3S/c1-6-7(5-9(11)15-6)8(12)3-2-4-10(13)14/h5H,2-4H2,1H3,(H,13,14). The van der Waals surface area contributed by atoms with Crippen molar-refractivity contribution >= 4 is 34.7 Å². The van der Waals surface area contributed by atoms with Crippen molar-refractivity contribution in [1.82, 2.24) is 0 Å². The third kappa shape index (κ3) is 3.64. The van der Waals surface area contributed by atoms with Crippen LogP contribution in [0.2, 0.25) is 4.34 Å². The molecule has 0 radical (unpaired) electrons. The number of halogens is 1. The van der Waals surface area contributed by atoms with E-state index in [1.807, 2.05) is 6.92 Å². The summed E-state index contributed by atoms with van der Waals surface area (Å²) in [5.74, 6) is -0.903. The zero-order chi connectivity index (χ0) is 11.4. The normalized spacial score (nSPS) is 10.3. The molecule has 15 heavy (non-hydrogen) atoms. The maximum absolute atomic E-state index is 11.6. The first kappa shape index (κ1) is 12.2. The number of carbonyl (C=O) groups excluding carboxylic acids is 1. The third-order valence-corrected chi connectivity index (χ3v) is 3.16. The van der Waals surface area contributed by atoms with E-state index in [0.717, 1.165) is 4.88 Å². The lowest BCUT2D eigenvalue weighted by atomic mass is 10.1. The van der Waals surface area contributed by atoms with Crippen molar-refractivity contribution in [2.45, 2.75) is 26.2 Å². The minimum atomic E-state index is -0.872. The Morgan fingerprint density at radius 1 is 1.47 bits per heavy atom.